The lowest BCUT2D eigenvalue weighted by Crippen LogP contribution is -2.15. The second-order valence-corrected chi connectivity index (χ2v) is 4.40. The van der Waals surface area contributed by atoms with Crippen LogP contribution < -0.4 is 19.5 Å². The standard InChI is InChI=1S/C16H15F2NO4/c1-21-11-6-3-5-10(9-11)19-15(20)12-7-4-8-13(22-2)14(12)23-16(17)18/h3-9,16H,1-2H3,(H,19,20). The first-order valence-electron chi connectivity index (χ1n) is 6.62. The minimum absolute atomic E-state index is 0.0450. The Morgan fingerprint density at radius 3 is 2.48 bits per heavy atom. The van der Waals surface area contributed by atoms with Crippen LogP contribution >= 0.6 is 0 Å². The highest BCUT2D eigenvalue weighted by Gasteiger charge is 2.20. The van der Waals surface area contributed by atoms with Crippen molar-refractivity contribution in [3.8, 4) is 17.2 Å². The minimum atomic E-state index is -3.07. The van der Waals surface area contributed by atoms with Gasteiger partial charge in [0.15, 0.2) is 11.5 Å². The summed E-state index contributed by atoms with van der Waals surface area (Å²) in [7, 11) is 2.80. The van der Waals surface area contributed by atoms with Gasteiger partial charge in [0.05, 0.1) is 19.8 Å². The van der Waals surface area contributed by atoms with Gasteiger partial charge in [-0.05, 0) is 24.3 Å². The molecule has 2 rings (SSSR count). The first kappa shape index (κ1) is 16.5. The van der Waals surface area contributed by atoms with Gasteiger partial charge in [0.1, 0.15) is 5.75 Å². The van der Waals surface area contributed by atoms with E-state index in [1.54, 1.807) is 24.3 Å². The molecule has 1 N–H and O–H groups in total. The van der Waals surface area contributed by atoms with Crippen LogP contribution in [-0.4, -0.2) is 26.7 Å². The first-order chi connectivity index (χ1) is 11.0. The molecule has 0 bridgehead atoms. The zero-order valence-corrected chi connectivity index (χ0v) is 12.5. The van der Waals surface area contributed by atoms with E-state index in [2.05, 4.69) is 10.1 Å². The zero-order valence-electron chi connectivity index (χ0n) is 12.5. The molecular formula is C16H15F2NO4. The molecule has 0 spiro atoms. The number of benzene rings is 2. The van der Waals surface area contributed by atoms with E-state index in [1.807, 2.05) is 0 Å². The van der Waals surface area contributed by atoms with E-state index < -0.39 is 12.5 Å². The molecule has 0 aromatic heterocycles. The summed E-state index contributed by atoms with van der Waals surface area (Å²) in [6.45, 7) is -3.07. The summed E-state index contributed by atoms with van der Waals surface area (Å²) in [5.74, 6) is -0.320. The van der Waals surface area contributed by atoms with Gasteiger partial charge in [0.25, 0.3) is 5.91 Å². The Morgan fingerprint density at radius 1 is 1.09 bits per heavy atom. The summed E-state index contributed by atoms with van der Waals surface area (Å²) in [6, 6.07) is 11.0. The number of rotatable bonds is 6. The molecule has 1 amide bonds. The fraction of sp³-hybridized carbons (Fsp3) is 0.188. The van der Waals surface area contributed by atoms with E-state index in [0.717, 1.165) is 0 Å². The van der Waals surface area contributed by atoms with Crippen molar-refractivity contribution >= 4 is 11.6 Å². The lowest BCUT2D eigenvalue weighted by Gasteiger charge is -2.14. The molecule has 0 unspecified atom stereocenters. The van der Waals surface area contributed by atoms with Gasteiger partial charge in [0.2, 0.25) is 0 Å². The van der Waals surface area contributed by atoms with Crippen molar-refractivity contribution in [1.29, 1.82) is 0 Å². The van der Waals surface area contributed by atoms with E-state index >= 15 is 0 Å². The van der Waals surface area contributed by atoms with Crippen molar-refractivity contribution in [2.75, 3.05) is 19.5 Å². The number of methoxy groups -OCH3 is 2. The Balaban J connectivity index is 2.31. The smallest absolute Gasteiger partial charge is 0.387 e. The maximum Gasteiger partial charge on any atom is 0.387 e. The highest BCUT2D eigenvalue weighted by molar-refractivity contribution is 6.06. The molecule has 0 saturated heterocycles. The van der Waals surface area contributed by atoms with Gasteiger partial charge in [0, 0.05) is 11.8 Å². The summed E-state index contributed by atoms with van der Waals surface area (Å²) in [4.78, 5) is 12.4. The van der Waals surface area contributed by atoms with Gasteiger partial charge >= 0.3 is 6.61 Å². The maximum absolute atomic E-state index is 12.6. The number of carbonyl (C=O) groups excluding carboxylic acids is 1. The Kier molecular flexibility index (Phi) is 5.35. The predicted octanol–water partition coefficient (Wildman–Crippen LogP) is 3.56. The Labute approximate surface area is 131 Å². The number of alkyl halides is 2. The lowest BCUT2D eigenvalue weighted by molar-refractivity contribution is -0.0515. The van der Waals surface area contributed by atoms with Gasteiger partial charge in [-0.2, -0.15) is 8.78 Å². The fourth-order valence-corrected chi connectivity index (χ4v) is 1.97. The van der Waals surface area contributed by atoms with Crippen molar-refractivity contribution in [2.24, 2.45) is 0 Å². The summed E-state index contributed by atoms with van der Waals surface area (Å²) >= 11 is 0. The number of ether oxygens (including phenoxy) is 3. The number of nitrogens with one attached hydrogen (secondary N) is 1. The van der Waals surface area contributed by atoms with Crippen LogP contribution in [0.2, 0.25) is 0 Å². The first-order valence-corrected chi connectivity index (χ1v) is 6.62. The van der Waals surface area contributed by atoms with Crippen LogP contribution in [0.4, 0.5) is 14.5 Å². The molecule has 7 heteroatoms. The minimum Gasteiger partial charge on any atom is -0.497 e. The molecule has 0 aliphatic rings. The highest BCUT2D eigenvalue weighted by Crippen LogP contribution is 2.33. The van der Waals surface area contributed by atoms with Gasteiger partial charge in [-0.15, -0.1) is 0 Å². The third-order valence-electron chi connectivity index (χ3n) is 2.98. The molecule has 0 atom stereocenters. The normalized spacial score (nSPS) is 10.3. The van der Waals surface area contributed by atoms with Crippen molar-refractivity contribution in [1.82, 2.24) is 0 Å². The van der Waals surface area contributed by atoms with Crippen molar-refractivity contribution < 1.29 is 27.8 Å². The number of carbonyl (C=O) groups is 1. The van der Waals surface area contributed by atoms with Crippen LogP contribution in [0.15, 0.2) is 42.5 Å². The van der Waals surface area contributed by atoms with E-state index in [1.165, 1.54) is 32.4 Å². The molecule has 2 aromatic rings. The van der Waals surface area contributed by atoms with Gasteiger partial charge < -0.3 is 19.5 Å². The number of hydrogen-bond acceptors (Lipinski definition) is 4. The maximum atomic E-state index is 12.6. The predicted molar refractivity (Wildman–Crippen MR) is 80.6 cm³/mol. The number of halogens is 2. The molecule has 0 aliphatic heterocycles. The molecule has 0 saturated carbocycles. The Morgan fingerprint density at radius 2 is 1.83 bits per heavy atom. The second kappa shape index (κ2) is 7.44. The number of amides is 1. The molecule has 0 aliphatic carbocycles. The molecule has 23 heavy (non-hydrogen) atoms. The van der Waals surface area contributed by atoms with Crippen molar-refractivity contribution in [2.45, 2.75) is 6.61 Å². The van der Waals surface area contributed by atoms with Crippen LogP contribution in [0.25, 0.3) is 0 Å². The van der Waals surface area contributed by atoms with Gasteiger partial charge in [-0.25, -0.2) is 0 Å². The summed E-state index contributed by atoms with van der Waals surface area (Å²) in [5, 5.41) is 2.60. The lowest BCUT2D eigenvalue weighted by atomic mass is 10.1. The van der Waals surface area contributed by atoms with Crippen LogP contribution in [-0.2, 0) is 0 Å². The van der Waals surface area contributed by atoms with Crippen molar-refractivity contribution in [3.63, 3.8) is 0 Å². The topological polar surface area (TPSA) is 56.8 Å². The molecule has 0 heterocycles. The van der Waals surface area contributed by atoms with Crippen molar-refractivity contribution in [3.05, 3.63) is 48.0 Å². The van der Waals surface area contributed by atoms with Crippen LogP contribution in [0.3, 0.4) is 0 Å². The summed E-state index contributed by atoms with van der Waals surface area (Å²) in [5.41, 5.74) is 0.396. The van der Waals surface area contributed by atoms with E-state index in [4.69, 9.17) is 9.47 Å². The van der Waals surface area contributed by atoms with Gasteiger partial charge in [-0.3, -0.25) is 4.79 Å². The fourth-order valence-electron chi connectivity index (χ4n) is 1.97. The summed E-state index contributed by atoms with van der Waals surface area (Å²) < 4.78 is 39.6. The molecule has 0 radical (unpaired) electrons. The highest BCUT2D eigenvalue weighted by atomic mass is 19.3. The average Bonchev–Trinajstić information content (AvgIpc) is 2.54. The largest absolute Gasteiger partial charge is 0.497 e. The second-order valence-electron chi connectivity index (χ2n) is 4.40. The number of para-hydroxylation sites is 1. The van der Waals surface area contributed by atoms with Crippen LogP contribution in [0.5, 0.6) is 17.2 Å². The average molecular weight is 323 g/mol. The quantitative estimate of drug-likeness (QED) is 0.883. The Bertz CT molecular complexity index is 692. The zero-order chi connectivity index (χ0) is 16.8. The Hall–Kier alpha value is -2.83. The third kappa shape index (κ3) is 4.09. The molecule has 122 valence electrons. The third-order valence-corrected chi connectivity index (χ3v) is 2.98. The number of anilines is 1. The monoisotopic (exact) mass is 323 g/mol. The number of hydrogen-bond donors (Lipinski definition) is 1. The van der Waals surface area contributed by atoms with Crippen LogP contribution in [0.1, 0.15) is 10.4 Å². The van der Waals surface area contributed by atoms with E-state index in [0.29, 0.717) is 11.4 Å². The summed E-state index contributed by atoms with van der Waals surface area (Å²) in [6.07, 6.45) is 0. The van der Waals surface area contributed by atoms with Gasteiger partial charge in [-0.1, -0.05) is 12.1 Å². The SMILES string of the molecule is COc1cccc(NC(=O)c2cccc(OC)c2OC(F)F)c1. The molecule has 0 fully saturated rings. The molecule has 5 nitrogen and oxygen atoms in total. The molecular weight excluding hydrogens is 308 g/mol. The van der Waals surface area contributed by atoms with Crippen LogP contribution in [0, 0.1) is 0 Å². The molecule has 2 aromatic carbocycles. The van der Waals surface area contributed by atoms with E-state index in [-0.39, 0.29) is 17.1 Å². The van der Waals surface area contributed by atoms with E-state index in [9.17, 15) is 13.6 Å².